The number of carbonyl (C=O) groups is 3. The van der Waals surface area contributed by atoms with Crippen LogP contribution in [0.4, 0.5) is 0 Å². The molecule has 1 saturated carbocycles. The lowest BCUT2D eigenvalue weighted by Gasteiger charge is -2.13. The van der Waals surface area contributed by atoms with E-state index in [2.05, 4.69) is 5.10 Å². The molecule has 4 unspecified atom stereocenters. The van der Waals surface area contributed by atoms with Crippen LogP contribution in [0.1, 0.15) is 12.0 Å². The van der Waals surface area contributed by atoms with Crippen LogP contribution in [0.25, 0.3) is 0 Å². The van der Waals surface area contributed by atoms with Gasteiger partial charge in [0.1, 0.15) is 5.75 Å². The molecule has 2 aliphatic carbocycles. The van der Waals surface area contributed by atoms with Crippen LogP contribution in [0.5, 0.6) is 5.75 Å². The van der Waals surface area contributed by atoms with E-state index in [1.165, 1.54) is 6.21 Å². The lowest BCUT2D eigenvalue weighted by molar-refractivity contribution is -0.141. The summed E-state index contributed by atoms with van der Waals surface area (Å²) in [7, 11) is 0. The summed E-state index contributed by atoms with van der Waals surface area (Å²) >= 11 is 0. The van der Waals surface area contributed by atoms with Gasteiger partial charge < -0.3 is 9.84 Å². The quantitative estimate of drug-likeness (QED) is 0.495. The van der Waals surface area contributed by atoms with Crippen molar-refractivity contribution in [1.82, 2.24) is 5.01 Å². The average Bonchev–Trinajstić information content (AvgIpc) is 3.27. The molecule has 1 saturated heterocycles. The Hall–Kier alpha value is -2.96. The van der Waals surface area contributed by atoms with Crippen molar-refractivity contribution in [3.63, 3.8) is 0 Å². The maximum atomic E-state index is 12.5. The Morgan fingerprint density at radius 2 is 1.76 bits per heavy atom. The van der Waals surface area contributed by atoms with Crippen LogP contribution < -0.4 is 4.74 Å². The van der Waals surface area contributed by atoms with Gasteiger partial charge >= 0.3 is 5.97 Å². The van der Waals surface area contributed by atoms with E-state index < -0.39 is 12.6 Å². The summed E-state index contributed by atoms with van der Waals surface area (Å²) in [5, 5.41) is 13.7. The molecule has 1 aromatic rings. The lowest BCUT2D eigenvalue weighted by atomic mass is 9.85. The van der Waals surface area contributed by atoms with Crippen molar-refractivity contribution < 1.29 is 24.2 Å². The van der Waals surface area contributed by atoms with Crippen molar-refractivity contribution in [2.45, 2.75) is 6.42 Å². The summed E-state index contributed by atoms with van der Waals surface area (Å²) in [4.78, 5) is 35.5. The van der Waals surface area contributed by atoms with Crippen LogP contribution in [-0.2, 0) is 14.4 Å². The maximum Gasteiger partial charge on any atom is 0.341 e. The van der Waals surface area contributed by atoms with Crippen molar-refractivity contribution in [3.8, 4) is 5.75 Å². The fourth-order valence-corrected chi connectivity index (χ4v) is 3.92. The molecule has 1 heterocycles. The second-order valence-corrected chi connectivity index (χ2v) is 6.48. The van der Waals surface area contributed by atoms with Crippen molar-refractivity contribution in [3.05, 3.63) is 42.0 Å². The van der Waals surface area contributed by atoms with Gasteiger partial charge in [0.15, 0.2) is 6.61 Å². The zero-order chi connectivity index (χ0) is 17.6. The molecular formula is C18H16N2O5. The first-order chi connectivity index (χ1) is 12.0. The van der Waals surface area contributed by atoms with Gasteiger partial charge in [-0.3, -0.25) is 9.59 Å². The first-order valence-electron chi connectivity index (χ1n) is 8.09. The first-order valence-corrected chi connectivity index (χ1v) is 8.09. The number of imide groups is 1. The third-order valence-electron chi connectivity index (χ3n) is 5.01. The standard InChI is InChI=1S/C18H16N2O5/c21-14(22)9-25-13-5-1-10(2-6-13)8-19-20-17(23)15-11-3-4-12(7-11)16(15)18(20)24/h1-6,8,11-12,15-16H,7,9H2,(H,21,22). The van der Waals surface area contributed by atoms with Gasteiger partial charge in [-0.25, -0.2) is 4.79 Å². The molecule has 1 aromatic carbocycles. The molecule has 4 rings (SSSR count). The normalized spacial score (nSPS) is 29.7. The summed E-state index contributed by atoms with van der Waals surface area (Å²) in [5.41, 5.74) is 0.682. The number of carbonyl (C=O) groups excluding carboxylic acids is 2. The molecular weight excluding hydrogens is 324 g/mol. The van der Waals surface area contributed by atoms with Crippen LogP contribution in [0, 0.1) is 23.7 Å². The number of fused-ring (bicyclic) bond motifs is 5. The van der Waals surface area contributed by atoms with Crippen molar-refractivity contribution in [2.24, 2.45) is 28.8 Å². The molecule has 128 valence electrons. The fraction of sp³-hybridized carbons (Fsp3) is 0.333. The molecule has 7 heteroatoms. The Morgan fingerprint density at radius 3 is 2.32 bits per heavy atom. The highest BCUT2D eigenvalue weighted by Gasteiger charge is 2.59. The molecule has 1 N–H and O–H groups in total. The Balaban J connectivity index is 1.45. The van der Waals surface area contributed by atoms with E-state index in [9.17, 15) is 14.4 Å². The van der Waals surface area contributed by atoms with E-state index in [0.29, 0.717) is 11.3 Å². The molecule has 2 fully saturated rings. The van der Waals surface area contributed by atoms with Crippen molar-refractivity contribution >= 4 is 24.0 Å². The number of hydrogen-bond donors (Lipinski definition) is 1. The Bertz CT molecular complexity index is 768. The number of carboxylic acid groups (broad SMARTS) is 1. The van der Waals surface area contributed by atoms with E-state index >= 15 is 0 Å². The van der Waals surface area contributed by atoms with E-state index in [-0.39, 0.29) is 35.5 Å². The summed E-state index contributed by atoms with van der Waals surface area (Å²) in [6, 6.07) is 6.57. The minimum absolute atomic E-state index is 0.164. The molecule has 3 aliphatic rings. The highest BCUT2D eigenvalue weighted by Crippen LogP contribution is 2.52. The maximum absolute atomic E-state index is 12.5. The predicted octanol–water partition coefficient (Wildman–Crippen LogP) is 1.29. The molecule has 2 bridgehead atoms. The number of ether oxygens (including phenoxy) is 1. The van der Waals surface area contributed by atoms with E-state index in [1.54, 1.807) is 24.3 Å². The smallest absolute Gasteiger partial charge is 0.341 e. The van der Waals surface area contributed by atoms with Gasteiger partial charge in [-0.2, -0.15) is 10.1 Å². The van der Waals surface area contributed by atoms with E-state index in [4.69, 9.17) is 9.84 Å². The number of aliphatic carboxylic acids is 1. The number of rotatable bonds is 5. The van der Waals surface area contributed by atoms with Crippen molar-refractivity contribution in [2.75, 3.05) is 6.61 Å². The number of allylic oxidation sites excluding steroid dienone is 2. The summed E-state index contributed by atoms with van der Waals surface area (Å²) in [6.45, 7) is -0.413. The number of hydrogen-bond acceptors (Lipinski definition) is 5. The fourth-order valence-electron chi connectivity index (χ4n) is 3.92. The van der Waals surface area contributed by atoms with Gasteiger partial charge in [0.2, 0.25) is 0 Å². The van der Waals surface area contributed by atoms with E-state index in [0.717, 1.165) is 11.4 Å². The van der Waals surface area contributed by atoms with Crippen LogP contribution in [0.2, 0.25) is 0 Å². The van der Waals surface area contributed by atoms with Crippen LogP contribution in [0.3, 0.4) is 0 Å². The van der Waals surface area contributed by atoms with Crippen LogP contribution in [-0.4, -0.2) is 40.7 Å². The number of benzene rings is 1. The highest BCUT2D eigenvalue weighted by atomic mass is 16.5. The molecule has 4 atom stereocenters. The number of carboxylic acids is 1. The topological polar surface area (TPSA) is 96.3 Å². The van der Waals surface area contributed by atoms with Gasteiger partial charge in [-0.15, -0.1) is 0 Å². The monoisotopic (exact) mass is 340 g/mol. The van der Waals surface area contributed by atoms with Crippen LogP contribution >= 0.6 is 0 Å². The van der Waals surface area contributed by atoms with Gasteiger partial charge in [0, 0.05) is 0 Å². The molecule has 0 spiro atoms. The van der Waals surface area contributed by atoms with E-state index in [1.807, 2.05) is 12.2 Å². The Kier molecular flexibility index (Phi) is 3.63. The Morgan fingerprint density at radius 1 is 1.16 bits per heavy atom. The number of hydrazone groups is 1. The highest BCUT2D eigenvalue weighted by molar-refractivity contribution is 6.06. The van der Waals surface area contributed by atoms with Gasteiger partial charge in [0.05, 0.1) is 18.1 Å². The minimum Gasteiger partial charge on any atom is -0.482 e. The molecule has 1 aliphatic heterocycles. The van der Waals surface area contributed by atoms with Crippen molar-refractivity contribution in [1.29, 1.82) is 0 Å². The van der Waals surface area contributed by atoms with Gasteiger partial charge in [-0.1, -0.05) is 12.2 Å². The average molecular weight is 340 g/mol. The third-order valence-corrected chi connectivity index (χ3v) is 5.01. The minimum atomic E-state index is -1.05. The zero-order valence-corrected chi connectivity index (χ0v) is 13.2. The number of nitrogens with zero attached hydrogens (tertiary/aromatic N) is 2. The second kappa shape index (κ2) is 5.84. The largest absolute Gasteiger partial charge is 0.482 e. The SMILES string of the molecule is O=C(O)COc1ccc(C=NN2C(=O)C3C4C=CC(C4)C3C2=O)cc1. The summed E-state index contributed by atoms with van der Waals surface area (Å²) < 4.78 is 5.05. The molecule has 2 amide bonds. The molecule has 0 radical (unpaired) electrons. The third kappa shape index (κ3) is 2.61. The molecule has 7 nitrogen and oxygen atoms in total. The van der Waals surface area contributed by atoms with Gasteiger partial charge in [-0.05, 0) is 48.1 Å². The van der Waals surface area contributed by atoms with Crippen LogP contribution in [0.15, 0.2) is 41.5 Å². The first kappa shape index (κ1) is 15.6. The molecule has 25 heavy (non-hydrogen) atoms. The zero-order valence-electron chi connectivity index (χ0n) is 13.2. The summed E-state index contributed by atoms with van der Waals surface area (Å²) in [5.74, 6) is -1.25. The Labute approximate surface area is 143 Å². The summed E-state index contributed by atoms with van der Waals surface area (Å²) in [6.07, 6.45) is 6.43. The molecule has 0 aromatic heterocycles. The lowest BCUT2D eigenvalue weighted by Crippen LogP contribution is -2.28. The number of amides is 2. The predicted molar refractivity (Wildman–Crippen MR) is 86.7 cm³/mol. The second-order valence-electron chi connectivity index (χ2n) is 6.48. The van der Waals surface area contributed by atoms with Gasteiger partial charge in [0.25, 0.3) is 11.8 Å².